The molecule has 1 fully saturated rings. The molecule has 0 aromatic rings. The smallest absolute Gasteiger partial charge is 0.328 e. The molecule has 0 radical (unpaired) electrons. The third kappa shape index (κ3) is 3.03. The van der Waals surface area contributed by atoms with Crippen LogP contribution in [0.3, 0.4) is 0 Å². The Balaban J connectivity index is 2.53. The van der Waals surface area contributed by atoms with Gasteiger partial charge in [0.05, 0.1) is 6.10 Å². The first-order valence-electron chi connectivity index (χ1n) is 4.45. The van der Waals surface area contributed by atoms with Gasteiger partial charge in [-0.05, 0) is 0 Å². The molecule has 6 nitrogen and oxygen atoms in total. The summed E-state index contributed by atoms with van der Waals surface area (Å²) < 4.78 is 4.95. The van der Waals surface area contributed by atoms with Crippen LogP contribution < -0.4 is 0 Å². The lowest BCUT2D eigenvalue weighted by Gasteiger charge is -2.12. The van der Waals surface area contributed by atoms with Gasteiger partial charge in [-0.2, -0.15) is 0 Å². The van der Waals surface area contributed by atoms with Crippen LogP contribution in [0.1, 0.15) is 0 Å². The molecule has 0 spiro atoms. The van der Waals surface area contributed by atoms with Gasteiger partial charge in [-0.25, -0.2) is 4.79 Å². The van der Waals surface area contributed by atoms with Crippen molar-refractivity contribution in [1.82, 2.24) is 4.90 Å². The number of nitrogens with zero attached hydrogens (tertiary/aromatic N) is 1. The van der Waals surface area contributed by atoms with Gasteiger partial charge in [-0.1, -0.05) is 0 Å². The Hall–Kier alpha value is -1.40. The number of aliphatic hydroxyl groups is 1. The number of carbonyl (C=O) groups excluding carboxylic acids is 1. The summed E-state index contributed by atoms with van der Waals surface area (Å²) in [5, 5.41) is 17.8. The van der Waals surface area contributed by atoms with Gasteiger partial charge < -0.3 is 19.8 Å². The van der Waals surface area contributed by atoms with Crippen molar-refractivity contribution in [1.29, 1.82) is 0 Å². The summed E-state index contributed by atoms with van der Waals surface area (Å²) in [6.07, 6.45) is 0.631. The largest absolute Gasteiger partial charge is 0.478 e. The molecule has 0 saturated carbocycles. The van der Waals surface area contributed by atoms with E-state index in [1.807, 2.05) is 0 Å². The van der Waals surface area contributed by atoms with E-state index >= 15 is 0 Å². The van der Waals surface area contributed by atoms with Crippen molar-refractivity contribution < 1.29 is 24.5 Å². The Morgan fingerprint density at radius 2 is 2.07 bits per heavy atom. The molecular weight excluding hydrogens is 202 g/mol. The zero-order valence-electron chi connectivity index (χ0n) is 8.29. The van der Waals surface area contributed by atoms with Crippen LogP contribution in [0.25, 0.3) is 0 Å². The SMILES string of the molecule is CO[C@@H]1CN(C(=O)/C=C/C(=O)O)C[C@@H]1O. The fourth-order valence-corrected chi connectivity index (χ4v) is 1.42. The highest BCUT2D eigenvalue weighted by Crippen LogP contribution is 2.13. The predicted octanol–water partition coefficient (Wildman–Crippen LogP) is -1.15. The molecule has 2 N–H and O–H groups in total. The second-order valence-electron chi connectivity index (χ2n) is 3.26. The molecule has 1 saturated heterocycles. The first-order valence-corrected chi connectivity index (χ1v) is 4.45. The summed E-state index contributed by atoms with van der Waals surface area (Å²) in [5.41, 5.74) is 0. The first kappa shape index (κ1) is 11.7. The Kier molecular flexibility index (Phi) is 3.81. The number of hydrogen-bond donors (Lipinski definition) is 2. The summed E-state index contributed by atoms with van der Waals surface area (Å²) in [6, 6.07) is 0. The maximum absolute atomic E-state index is 11.4. The second kappa shape index (κ2) is 4.90. The summed E-state index contributed by atoms with van der Waals surface area (Å²) in [6.45, 7) is 0.446. The molecule has 84 valence electrons. The normalized spacial score (nSPS) is 26.1. The minimum Gasteiger partial charge on any atom is -0.478 e. The molecule has 2 atom stereocenters. The molecule has 1 aliphatic heterocycles. The maximum atomic E-state index is 11.4. The van der Waals surface area contributed by atoms with Gasteiger partial charge in [-0.3, -0.25) is 4.79 Å². The lowest BCUT2D eigenvalue weighted by Crippen LogP contribution is -2.28. The Bertz CT molecular complexity index is 288. The first-order chi connectivity index (χ1) is 7.04. The van der Waals surface area contributed by atoms with Crippen LogP contribution in [-0.2, 0) is 14.3 Å². The van der Waals surface area contributed by atoms with E-state index in [1.165, 1.54) is 12.0 Å². The lowest BCUT2D eigenvalue weighted by atomic mass is 10.3. The molecular formula is C9H13NO5. The Morgan fingerprint density at radius 3 is 2.53 bits per heavy atom. The molecule has 1 aliphatic rings. The summed E-state index contributed by atoms with van der Waals surface area (Å²) in [7, 11) is 1.45. The third-order valence-electron chi connectivity index (χ3n) is 2.22. The van der Waals surface area contributed by atoms with Crippen LogP contribution in [0.5, 0.6) is 0 Å². The fourth-order valence-electron chi connectivity index (χ4n) is 1.42. The quantitative estimate of drug-likeness (QED) is 0.580. The number of hydrogen-bond acceptors (Lipinski definition) is 4. The van der Waals surface area contributed by atoms with Gasteiger partial charge >= 0.3 is 5.97 Å². The van der Waals surface area contributed by atoms with Crippen molar-refractivity contribution in [2.75, 3.05) is 20.2 Å². The van der Waals surface area contributed by atoms with Gasteiger partial charge in [0.25, 0.3) is 0 Å². The van der Waals surface area contributed by atoms with Crippen molar-refractivity contribution in [3.63, 3.8) is 0 Å². The van der Waals surface area contributed by atoms with Crippen LogP contribution in [-0.4, -0.2) is 59.4 Å². The topological polar surface area (TPSA) is 87.1 Å². The van der Waals surface area contributed by atoms with E-state index < -0.39 is 24.1 Å². The van der Waals surface area contributed by atoms with E-state index in [2.05, 4.69) is 0 Å². The summed E-state index contributed by atoms with van der Waals surface area (Å²) in [4.78, 5) is 22.9. The zero-order valence-corrected chi connectivity index (χ0v) is 8.29. The average molecular weight is 215 g/mol. The van der Waals surface area contributed by atoms with E-state index in [4.69, 9.17) is 9.84 Å². The molecule has 6 heteroatoms. The Labute approximate surface area is 86.7 Å². The number of likely N-dealkylation sites (tertiary alicyclic amines) is 1. The van der Waals surface area contributed by atoms with Crippen LogP contribution in [0.4, 0.5) is 0 Å². The number of amides is 1. The molecule has 0 bridgehead atoms. The van der Waals surface area contributed by atoms with Crippen molar-refractivity contribution in [3.05, 3.63) is 12.2 Å². The molecule has 0 aromatic carbocycles. The van der Waals surface area contributed by atoms with Gasteiger partial charge in [0, 0.05) is 32.4 Å². The monoisotopic (exact) mass is 215 g/mol. The average Bonchev–Trinajstić information content (AvgIpc) is 2.56. The van der Waals surface area contributed by atoms with Crippen LogP contribution >= 0.6 is 0 Å². The van der Waals surface area contributed by atoms with Crippen LogP contribution in [0.15, 0.2) is 12.2 Å². The maximum Gasteiger partial charge on any atom is 0.328 e. The number of rotatable bonds is 3. The van der Waals surface area contributed by atoms with Gasteiger partial charge in [0.1, 0.15) is 6.10 Å². The molecule has 1 amide bonds. The number of carboxylic acid groups (broad SMARTS) is 1. The number of carbonyl (C=O) groups is 2. The molecule has 1 heterocycles. The molecule has 1 rings (SSSR count). The third-order valence-corrected chi connectivity index (χ3v) is 2.22. The van der Waals surface area contributed by atoms with Gasteiger partial charge in [0.2, 0.25) is 5.91 Å². The molecule has 0 aromatic heterocycles. The highest BCUT2D eigenvalue weighted by Gasteiger charge is 2.33. The van der Waals surface area contributed by atoms with Gasteiger partial charge in [0.15, 0.2) is 0 Å². The number of ether oxygens (including phenoxy) is 1. The predicted molar refractivity (Wildman–Crippen MR) is 50.2 cm³/mol. The van der Waals surface area contributed by atoms with Crippen molar-refractivity contribution >= 4 is 11.9 Å². The van der Waals surface area contributed by atoms with Gasteiger partial charge in [-0.15, -0.1) is 0 Å². The molecule has 0 aliphatic carbocycles. The van der Waals surface area contributed by atoms with Crippen molar-refractivity contribution in [2.45, 2.75) is 12.2 Å². The van der Waals surface area contributed by atoms with Crippen LogP contribution in [0.2, 0.25) is 0 Å². The van der Waals surface area contributed by atoms with Crippen molar-refractivity contribution in [2.24, 2.45) is 0 Å². The number of β-amino-alcohol motifs (C(OH)–C–C–N with tert-alkyl or cyclic N) is 1. The number of aliphatic hydroxyl groups excluding tert-OH is 1. The zero-order chi connectivity index (χ0) is 11.4. The minimum atomic E-state index is -1.17. The lowest BCUT2D eigenvalue weighted by molar-refractivity contribution is -0.132. The van der Waals surface area contributed by atoms with E-state index in [9.17, 15) is 14.7 Å². The van der Waals surface area contributed by atoms with E-state index in [0.717, 1.165) is 12.2 Å². The minimum absolute atomic E-state index is 0.168. The number of carboxylic acids is 1. The fraction of sp³-hybridized carbons (Fsp3) is 0.556. The van der Waals surface area contributed by atoms with E-state index in [-0.39, 0.29) is 13.1 Å². The number of methoxy groups -OCH3 is 1. The van der Waals surface area contributed by atoms with Crippen LogP contribution in [0, 0.1) is 0 Å². The molecule has 15 heavy (non-hydrogen) atoms. The second-order valence-corrected chi connectivity index (χ2v) is 3.26. The molecule has 0 unspecified atom stereocenters. The van der Waals surface area contributed by atoms with E-state index in [0.29, 0.717) is 0 Å². The highest BCUT2D eigenvalue weighted by molar-refractivity contribution is 5.94. The number of aliphatic carboxylic acids is 1. The standard InChI is InChI=1S/C9H13NO5/c1-15-7-5-10(4-6(7)11)8(12)2-3-9(13)14/h2-3,6-7,11H,4-5H2,1H3,(H,13,14)/b3-2+/t6-,7+/m0/s1. The highest BCUT2D eigenvalue weighted by atomic mass is 16.5. The summed E-state index contributed by atoms with van der Waals surface area (Å²) >= 11 is 0. The summed E-state index contributed by atoms with van der Waals surface area (Å²) in [5.74, 6) is -1.61. The Morgan fingerprint density at radius 1 is 1.40 bits per heavy atom. The van der Waals surface area contributed by atoms with Crippen molar-refractivity contribution in [3.8, 4) is 0 Å². The van der Waals surface area contributed by atoms with E-state index in [1.54, 1.807) is 0 Å².